The first kappa shape index (κ1) is 20.7. The van der Waals surface area contributed by atoms with E-state index < -0.39 is 0 Å². The van der Waals surface area contributed by atoms with Gasteiger partial charge in [-0.05, 0) is 80.5 Å². The summed E-state index contributed by atoms with van der Waals surface area (Å²) in [5.74, 6) is 1.13. The first-order valence-corrected chi connectivity index (χ1v) is 11.1. The number of carbonyl (C=O) groups is 1. The zero-order valence-corrected chi connectivity index (χ0v) is 18.5. The molecule has 0 unspecified atom stereocenters. The number of nitrogens with zero attached hydrogens (tertiary/aromatic N) is 4. The van der Waals surface area contributed by atoms with Crippen molar-refractivity contribution in [3.8, 4) is 11.4 Å². The van der Waals surface area contributed by atoms with E-state index in [1.54, 1.807) is 23.0 Å². The van der Waals surface area contributed by atoms with Crippen molar-refractivity contribution in [1.82, 2.24) is 19.7 Å². The van der Waals surface area contributed by atoms with E-state index in [2.05, 4.69) is 17.0 Å². The van der Waals surface area contributed by atoms with E-state index in [0.29, 0.717) is 35.6 Å². The minimum absolute atomic E-state index is 0.0698. The highest BCUT2D eigenvalue weighted by Crippen LogP contribution is 2.47. The van der Waals surface area contributed by atoms with E-state index >= 15 is 0 Å². The highest BCUT2D eigenvalue weighted by molar-refractivity contribution is 5.96. The Kier molecular flexibility index (Phi) is 5.19. The van der Waals surface area contributed by atoms with Gasteiger partial charge in [0.2, 0.25) is 0 Å². The number of hydrogen-bond donors (Lipinski definition) is 0. The number of carbonyl (C=O) groups excluding carboxylic acids is 1. The Bertz CT molecular complexity index is 1140. The largest absolute Gasteiger partial charge is 0.491 e. The van der Waals surface area contributed by atoms with Gasteiger partial charge in [-0.25, -0.2) is 14.1 Å². The van der Waals surface area contributed by atoms with Gasteiger partial charge in [0.25, 0.3) is 5.91 Å². The van der Waals surface area contributed by atoms with Gasteiger partial charge in [-0.3, -0.25) is 4.79 Å². The molecule has 0 radical (unpaired) electrons. The quantitative estimate of drug-likeness (QED) is 0.599. The summed E-state index contributed by atoms with van der Waals surface area (Å²) in [7, 11) is 0. The van der Waals surface area contributed by atoms with Gasteiger partial charge in [0, 0.05) is 17.9 Å². The summed E-state index contributed by atoms with van der Waals surface area (Å²) in [5, 5.41) is 4.40. The number of ether oxygens (including phenoxy) is 1. The number of pyridine rings is 1. The number of aromatic nitrogens is 3. The number of halogens is 1. The van der Waals surface area contributed by atoms with Gasteiger partial charge in [0.1, 0.15) is 18.2 Å². The van der Waals surface area contributed by atoms with E-state index in [9.17, 15) is 9.18 Å². The summed E-state index contributed by atoms with van der Waals surface area (Å²) in [4.78, 5) is 20.5. The van der Waals surface area contributed by atoms with Gasteiger partial charge >= 0.3 is 0 Å². The zero-order valence-electron chi connectivity index (χ0n) is 18.5. The van der Waals surface area contributed by atoms with Crippen molar-refractivity contribution in [2.45, 2.75) is 45.7 Å². The Morgan fingerprint density at radius 1 is 1.16 bits per heavy atom. The third-order valence-corrected chi connectivity index (χ3v) is 6.89. The predicted molar refractivity (Wildman–Crippen MR) is 118 cm³/mol. The third kappa shape index (κ3) is 3.66. The van der Waals surface area contributed by atoms with Crippen LogP contribution in [-0.4, -0.2) is 44.3 Å². The van der Waals surface area contributed by atoms with Crippen molar-refractivity contribution in [3.63, 3.8) is 0 Å². The lowest BCUT2D eigenvalue weighted by molar-refractivity contribution is -0.0673. The van der Waals surface area contributed by atoms with Crippen LogP contribution in [0, 0.1) is 31.5 Å². The van der Waals surface area contributed by atoms with Crippen LogP contribution in [-0.2, 0) is 0 Å². The molecule has 6 rings (SSSR count). The summed E-state index contributed by atoms with van der Waals surface area (Å²) in [6, 6.07) is 9.94. The third-order valence-electron chi connectivity index (χ3n) is 6.89. The smallest absolute Gasteiger partial charge is 0.275 e. The molecule has 3 aromatic rings. The molecule has 0 N–H and O–H groups in total. The van der Waals surface area contributed by atoms with Crippen LogP contribution in [0.4, 0.5) is 4.39 Å². The van der Waals surface area contributed by atoms with Crippen LogP contribution in [0.15, 0.2) is 48.8 Å². The standard InChI is InChI=1S/C25H27FN4O2/c1-15-12-27-29(13-15)22-9-4-16(2)28-24(22)25(31)30-20-10-18(11-20)17(3)23(30)14-32-21-7-5-19(26)6-8-21/h4-9,12-13,17-18,20,23H,10-11,14H2,1-3H3/t17-,18?,20?,23-/m1/s1. The first-order valence-electron chi connectivity index (χ1n) is 11.1. The Morgan fingerprint density at radius 3 is 2.59 bits per heavy atom. The van der Waals surface area contributed by atoms with Crippen molar-refractivity contribution in [3.05, 3.63) is 71.6 Å². The van der Waals surface area contributed by atoms with E-state index in [-0.39, 0.29) is 23.8 Å². The van der Waals surface area contributed by atoms with Crippen molar-refractivity contribution < 1.29 is 13.9 Å². The van der Waals surface area contributed by atoms with Crippen molar-refractivity contribution in [1.29, 1.82) is 0 Å². The summed E-state index contributed by atoms with van der Waals surface area (Å²) in [6.45, 7) is 6.42. The normalized spacial score (nSPS) is 24.2. The Balaban J connectivity index is 1.46. The van der Waals surface area contributed by atoms with E-state index in [0.717, 1.165) is 24.1 Å². The fourth-order valence-corrected chi connectivity index (χ4v) is 4.94. The van der Waals surface area contributed by atoms with E-state index in [1.165, 1.54) is 12.1 Å². The Labute approximate surface area is 187 Å². The maximum atomic E-state index is 13.9. The van der Waals surface area contributed by atoms with Gasteiger partial charge in [-0.1, -0.05) is 6.92 Å². The second kappa shape index (κ2) is 8.04. The van der Waals surface area contributed by atoms with Crippen LogP contribution < -0.4 is 4.74 Å². The van der Waals surface area contributed by atoms with Gasteiger partial charge in [0.15, 0.2) is 5.69 Å². The number of hydrogen-bond acceptors (Lipinski definition) is 4. The van der Waals surface area contributed by atoms with Gasteiger partial charge in [0.05, 0.1) is 17.9 Å². The average Bonchev–Trinajstić information content (AvgIpc) is 3.18. The average molecular weight is 435 g/mol. The molecule has 2 saturated heterocycles. The number of fused-ring (bicyclic) bond motifs is 2. The molecular formula is C25H27FN4O2. The molecule has 1 aliphatic carbocycles. The topological polar surface area (TPSA) is 60.2 Å². The van der Waals surface area contributed by atoms with Crippen LogP contribution in [0.3, 0.4) is 0 Å². The van der Waals surface area contributed by atoms with Crippen molar-refractivity contribution in [2.75, 3.05) is 6.61 Å². The molecule has 166 valence electrons. The van der Waals surface area contributed by atoms with Gasteiger partial charge in [-0.15, -0.1) is 0 Å². The molecule has 6 nitrogen and oxygen atoms in total. The molecule has 2 atom stereocenters. The Morgan fingerprint density at radius 2 is 1.91 bits per heavy atom. The second-order valence-corrected chi connectivity index (χ2v) is 9.07. The molecule has 2 aliphatic heterocycles. The van der Waals surface area contributed by atoms with Gasteiger partial charge in [-0.2, -0.15) is 5.10 Å². The number of amides is 1. The summed E-state index contributed by atoms with van der Waals surface area (Å²) < 4.78 is 21.0. The van der Waals surface area contributed by atoms with Crippen LogP contribution in [0.2, 0.25) is 0 Å². The molecule has 0 spiro atoms. The van der Waals surface area contributed by atoms with E-state index in [1.807, 2.05) is 37.1 Å². The molecule has 3 fully saturated rings. The molecule has 3 aliphatic rings. The molecule has 2 aromatic heterocycles. The Hall–Kier alpha value is -3.22. The molecule has 2 bridgehead atoms. The van der Waals surface area contributed by atoms with Crippen LogP contribution >= 0.6 is 0 Å². The summed E-state index contributed by atoms with van der Waals surface area (Å²) in [6.07, 6.45) is 5.70. The molecular weight excluding hydrogens is 407 g/mol. The highest BCUT2D eigenvalue weighted by atomic mass is 19.1. The number of aryl methyl sites for hydroxylation is 2. The molecule has 1 saturated carbocycles. The molecule has 4 heterocycles. The minimum atomic E-state index is -0.298. The maximum absolute atomic E-state index is 13.9. The zero-order chi connectivity index (χ0) is 22.4. The van der Waals surface area contributed by atoms with Crippen LogP contribution in [0.1, 0.15) is 41.5 Å². The number of benzene rings is 1. The summed E-state index contributed by atoms with van der Waals surface area (Å²) in [5.41, 5.74) is 2.90. The lowest BCUT2D eigenvalue weighted by Gasteiger charge is -2.57. The van der Waals surface area contributed by atoms with Crippen LogP contribution in [0.25, 0.3) is 5.69 Å². The number of rotatable bonds is 5. The second-order valence-electron chi connectivity index (χ2n) is 9.07. The molecule has 1 amide bonds. The lowest BCUT2D eigenvalue weighted by Crippen LogP contribution is -2.64. The molecule has 32 heavy (non-hydrogen) atoms. The van der Waals surface area contributed by atoms with Crippen molar-refractivity contribution >= 4 is 5.91 Å². The fourth-order valence-electron chi connectivity index (χ4n) is 4.94. The lowest BCUT2D eigenvalue weighted by atomic mass is 9.64. The number of piperidine rings is 2. The monoisotopic (exact) mass is 434 g/mol. The predicted octanol–water partition coefficient (Wildman–Crippen LogP) is 4.34. The molecule has 1 aromatic carbocycles. The minimum Gasteiger partial charge on any atom is -0.491 e. The SMILES string of the molecule is Cc1cnn(-c2ccc(C)nc2C(=O)N2C3CC(C3)[C@@H](C)[C@H]2COc2ccc(F)cc2)c1. The maximum Gasteiger partial charge on any atom is 0.275 e. The fraction of sp³-hybridized carbons (Fsp3) is 0.400. The van der Waals surface area contributed by atoms with E-state index in [4.69, 9.17) is 4.74 Å². The molecule has 7 heteroatoms. The highest BCUT2D eigenvalue weighted by Gasteiger charge is 2.51. The summed E-state index contributed by atoms with van der Waals surface area (Å²) >= 11 is 0. The van der Waals surface area contributed by atoms with Crippen molar-refractivity contribution in [2.24, 2.45) is 11.8 Å². The first-order chi connectivity index (χ1) is 15.4. The van der Waals surface area contributed by atoms with Gasteiger partial charge < -0.3 is 9.64 Å². The van der Waals surface area contributed by atoms with Crippen LogP contribution in [0.5, 0.6) is 5.75 Å².